The second-order valence-corrected chi connectivity index (χ2v) is 8.14. The monoisotopic (exact) mass is 476 g/mol. The number of benzene rings is 2. The van der Waals surface area contributed by atoms with Gasteiger partial charge in [-0.3, -0.25) is 0 Å². The van der Waals surface area contributed by atoms with Gasteiger partial charge in [-0.2, -0.15) is 26.3 Å². The fraction of sp³-hybridized carbons (Fsp3) is 0.150. The van der Waals surface area contributed by atoms with Crippen LogP contribution >= 0.6 is 0 Å². The molecule has 0 spiro atoms. The van der Waals surface area contributed by atoms with Crippen molar-refractivity contribution < 1.29 is 39.5 Å². The number of nitrogens with two attached hydrogens (primary N) is 1. The second kappa shape index (κ2) is 8.10. The Bertz CT molecular complexity index is 1240. The predicted molar refractivity (Wildman–Crippen MR) is 103 cm³/mol. The standard InChI is InChI=1S/C20H14F6N2O3S/c1-31-16-10-15(11-4-8-14(9-5-11)32(27,29)30)17(18(28-16)20(24,25)26)12-2-6-13(7-3-12)19(21,22)23/h2-10H,1H3,(H2,27,29,30). The lowest BCUT2D eigenvalue weighted by atomic mass is 9.92. The highest BCUT2D eigenvalue weighted by Gasteiger charge is 2.38. The van der Waals surface area contributed by atoms with Gasteiger partial charge in [0.05, 0.1) is 17.6 Å². The first-order valence-corrected chi connectivity index (χ1v) is 10.2. The number of rotatable bonds is 4. The van der Waals surface area contributed by atoms with Crippen molar-refractivity contribution in [2.45, 2.75) is 17.2 Å². The summed E-state index contributed by atoms with van der Waals surface area (Å²) in [6.45, 7) is 0. The minimum Gasteiger partial charge on any atom is -0.481 e. The molecule has 0 atom stereocenters. The number of ether oxygens (including phenoxy) is 1. The van der Waals surface area contributed by atoms with Gasteiger partial charge in [0.25, 0.3) is 0 Å². The Kier molecular flexibility index (Phi) is 5.96. The Balaban J connectivity index is 2.31. The molecule has 1 aromatic heterocycles. The molecule has 5 nitrogen and oxygen atoms in total. The van der Waals surface area contributed by atoms with E-state index in [2.05, 4.69) is 4.98 Å². The molecule has 2 N–H and O–H groups in total. The molecule has 0 saturated heterocycles. The molecule has 3 aromatic rings. The Morgan fingerprint density at radius 3 is 1.81 bits per heavy atom. The zero-order chi connectivity index (χ0) is 23.9. The van der Waals surface area contributed by atoms with Crippen LogP contribution in [0, 0.1) is 0 Å². The van der Waals surface area contributed by atoms with E-state index in [0.717, 1.165) is 31.4 Å². The Morgan fingerprint density at radius 1 is 0.844 bits per heavy atom. The van der Waals surface area contributed by atoms with Crippen molar-refractivity contribution in [1.82, 2.24) is 4.98 Å². The Morgan fingerprint density at radius 2 is 1.38 bits per heavy atom. The van der Waals surface area contributed by atoms with Gasteiger partial charge in [-0.25, -0.2) is 18.5 Å². The summed E-state index contributed by atoms with van der Waals surface area (Å²) < 4.78 is 108. The van der Waals surface area contributed by atoms with Gasteiger partial charge in [-0.15, -0.1) is 0 Å². The van der Waals surface area contributed by atoms with E-state index in [-0.39, 0.29) is 21.6 Å². The number of hydrogen-bond donors (Lipinski definition) is 1. The van der Waals surface area contributed by atoms with Gasteiger partial charge in [0.1, 0.15) is 0 Å². The molecule has 0 fully saturated rings. The quantitative estimate of drug-likeness (QED) is 0.531. The molecule has 0 radical (unpaired) electrons. The number of primary sulfonamides is 1. The highest BCUT2D eigenvalue weighted by atomic mass is 32.2. The number of alkyl halides is 6. The first-order valence-electron chi connectivity index (χ1n) is 8.69. The van der Waals surface area contributed by atoms with E-state index in [1.165, 1.54) is 18.2 Å². The van der Waals surface area contributed by atoms with Crippen molar-refractivity contribution in [2.24, 2.45) is 5.14 Å². The summed E-state index contributed by atoms with van der Waals surface area (Å²) in [4.78, 5) is 3.20. The molecular formula is C20H14F6N2O3S. The third-order valence-corrected chi connectivity index (χ3v) is 5.40. The van der Waals surface area contributed by atoms with E-state index in [1.54, 1.807) is 0 Å². The lowest BCUT2D eigenvalue weighted by Crippen LogP contribution is -2.13. The topological polar surface area (TPSA) is 82.3 Å². The van der Waals surface area contributed by atoms with Crippen molar-refractivity contribution in [1.29, 1.82) is 0 Å². The molecule has 0 bridgehead atoms. The van der Waals surface area contributed by atoms with Crippen molar-refractivity contribution in [3.63, 3.8) is 0 Å². The zero-order valence-corrected chi connectivity index (χ0v) is 16.9. The maximum Gasteiger partial charge on any atom is 0.434 e. The Labute approximate surface area is 178 Å². The average molecular weight is 476 g/mol. The molecule has 0 saturated carbocycles. The molecule has 0 aliphatic heterocycles. The molecule has 32 heavy (non-hydrogen) atoms. The maximum atomic E-state index is 13.8. The van der Waals surface area contributed by atoms with Crippen molar-refractivity contribution in [3.05, 3.63) is 65.9 Å². The van der Waals surface area contributed by atoms with Gasteiger partial charge in [-0.05, 0) is 41.0 Å². The van der Waals surface area contributed by atoms with Crippen molar-refractivity contribution >= 4 is 10.0 Å². The van der Waals surface area contributed by atoms with Crippen molar-refractivity contribution in [2.75, 3.05) is 7.11 Å². The van der Waals surface area contributed by atoms with Crippen LogP contribution in [0.5, 0.6) is 5.88 Å². The normalized spacial score (nSPS) is 12.6. The molecule has 170 valence electrons. The molecule has 3 rings (SSSR count). The summed E-state index contributed by atoms with van der Waals surface area (Å²) in [5.74, 6) is -0.390. The summed E-state index contributed by atoms with van der Waals surface area (Å²) in [5, 5.41) is 5.04. The first kappa shape index (κ1) is 23.5. The third-order valence-electron chi connectivity index (χ3n) is 4.47. The lowest BCUT2D eigenvalue weighted by molar-refractivity contribution is -0.141. The first-order chi connectivity index (χ1) is 14.7. The van der Waals surface area contributed by atoms with Crippen LogP contribution in [0.1, 0.15) is 11.3 Å². The van der Waals surface area contributed by atoms with Crippen LogP contribution in [0.4, 0.5) is 26.3 Å². The number of nitrogens with zero attached hydrogens (tertiary/aromatic N) is 1. The smallest absolute Gasteiger partial charge is 0.434 e. The van der Waals surface area contributed by atoms with Crippen LogP contribution in [0.15, 0.2) is 59.5 Å². The largest absolute Gasteiger partial charge is 0.481 e. The van der Waals surface area contributed by atoms with Gasteiger partial charge in [0.2, 0.25) is 15.9 Å². The molecule has 0 unspecified atom stereocenters. The van der Waals surface area contributed by atoms with Crippen molar-refractivity contribution in [3.8, 4) is 28.1 Å². The molecule has 2 aromatic carbocycles. The van der Waals surface area contributed by atoms with Crippen LogP contribution in [-0.4, -0.2) is 20.5 Å². The van der Waals surface area contributed by atoms with Crippen LogP contribution < -0.4 is 9.88 Å². The molecule has 0 aliphatic carbocycles. The van der Waals surface area contributed by atoms with E-state index in [0.29, 0.717) is 12.1 Å². The van der Waals surface area contributed by atoms with Crippen LogP contribution in [0.3, 0.4) is 0 Å². The van der Waals surface area contributed by atoms with Gasteiger partial charge >= 0.3 is 12.4 Å². The summed E-state index contributed by atoms with van der Waals surface area (Å²) in [7, 11) is -2.95. The fourth-order valence-corrected chi connectivity index (χ4v) is 3.52. The van der Waals surface area contributed by atoms with Crippen LogP contribution in [0.2, 0.25) is 0 Å². The number of sulfonamides is 1. The maximum absolute atomic E-state index is 13.8. The van der Waals surface area contributed by atoms with E-state index in [9.17, 15) is 34.8 Å². The summed E-state index contributed by atoms with van der Waals surface area (Å²) in [5.41, 5.74) is -3.01. The highest BCUT2D eigenvalue weighted by molar-refractivity contribution is 7.89. The number of hydrogen-bond acceptors (Lipinski definition) is 4. The van der Waals surface area contributed by atoms with E-state index in [1.807, 2.05) is 0 Å². The molecule has 0 amide bonds. The van der Waals surface area contributed by atoms with Gasteiger partial charge < -0.3 is 4.74 Å². The van der Waals surface area contributed by atoms with Crippen LogP contribution in [-0.2, 0) is 22.4 Å². The minimum atomic E-state index is -4.97. The highest BCUT2D eigenvalue weighted by Crippen LogP contribution is 2.44. The summed E-state index contributed by atoms with van der Waals surface area (Å²) in [6.07, 6.45) is -9.64. The lowest BCUT2D eigenvalue weighted by Gasteiger charge is -2.19. The second-order valence-electron chi connectivity index (χ2n) is 6.58. The SMILES string of the molecule is COc1cc(-c2ccc(S(N)(=O)=O)cc2)c(-c2ccc(C(F)(F)F)cc2)c(C(F)(F)F)n1. The van der Waals surface area contributed by atoms with E-state index >= 15 is 0 Å². The number of pyridine rings is 1. The van der Waals surface area contributed by atoms with E-state index < -0.39 is 45.1 Å². The van der Waals surface area contributed by atoms with Gasteiger partial charge in [0.15, 0.2) is 5.69 Å². The number of methoxy groups -OCH3 is 1. The third kappa shape index (κ3) is 4.86. The molecular weight excluding hydrogens is 462 g/mol. The van der Waals surface area contributed by atoms with Gasteiger partial charge in [0, 0.05) is 11.6 Å². The molecule has 0 aliphatic rings. The fourth-order valence-electron chi connectivity index (χ4n) is 3.00. The predicted octanol–water partition coefficient (Wildman–Crippen LogP) is 5.11. The number of aromatic nitrogens is 1. The molecule has 12 heteroatoms. The summed E-state index contributed by atoms with van der Waals surface area (Å²) in [6, 6.07) is 8.95. The summed E-state index contributed by atoms with van der Waals surface area (Å²) >= 11 is 0. The Hall–Kier alpha value is -3.12. The molecule has 1 heterocycles. The van der Waals surface area contributed by atoms with Gasteiger partial charge in [-0.1, -0.05) is 24.3 Å². The van der Waals surface area contributed by atoms with E-state index in [4.69, 9.17) is 9.88 Å². The zero-order valence-electron chi connectivity index (χ0n) is 16.1. The number of halogens is 6. The van der Waals surface area contributed by atoms with Crippen LogP contribution in [0.25, 0.3) is 22.3 Å². The minimum absolute atomic E-state index is 0.0788. The average Bonchev–Trinajstić information content (AvgIpc) is 2.71.